The molecule has 3 heteroatoms. The van der Waals surface area contributed by atoms with E-state index >= 15 is 0 Å². The van der Waals surface area contributed by atoms with Gasteiger partial charge in [0, 0.05) is 12.2 Å². The second kappa shape index (κ2) is 6.03. The average Bonchev–Trinajstić information content (AvgIpc) is 3.18. The minimum absolute atomic E-state index is 0.106. The third kappa shape index (κ3) is 3.72. The molecule has 2 N–H and O–H groups in total. The van der Waals surface area contributed by atoms with Crippen LogP contribution in [0.25, 0.3) is 0 Å². The molecule has 1 atom stereocenters. The Hall–Kier alpha value is -1.06. The number of hydrogen-bond acceptors (Lipinski definition) is 3. The van der Waals surface area contributed by atoms with Crippen molar-refractivity contribution in [2.24, 2.45) is 11.7 Å². The van der Waals surface area contributed by atoms with Crippen LogP contribution >= 0.6 is 0 Å². The van der Waals surface area contributed by atoms with E-state index < -0.39 is 0 Å². The van der Waals surface area contributed by atoms with Gasteiger partial charge in [0.15, 0.2) is 0 Å². The van der Waals surface area contributed by atoms with E-state index in [1.165, 1.54) is 19.3 Å². The summed E-state index contributed by atoms with van der Waals surface area (Å²) in [5.41, 5.74) is 7.11. The Labute approximate surface area is 103 Å². The van der Waals surface area contributed by atoms with Crippen LogP contribution in [-0.2, 0) is 4.74 Å². The van der Waals surface area contributed by atoms with Gasteiger partial charge in [-0.1, -0.05) is 31.0 Å². The van der Waals surface area contributed by atoms with Gasteiger partial charge < -0.3 is 15.2 Å². The van der Waals surface area contributed by atoms with Crippen molar-refractivity contribution in [1.82, 2.24) is 0 Å². The molecule has 0 saturated heterocycles. The van der Waals surface area contributed by atoms with Gasteiger partial charge in [0.2, 0.25) is 0 Å². The fourth-order valence-electron chi connectivity index (χ4n) is 1.93. The van der Waals surface area contributed by atoms with Crippen molar-refractivity contribution < 1.29 is 9.47 Å². The maximum absolute atomic E-state index is 6.10. The van der Waals surface area contributed by atoms with Gasteiger partial charge in [-0.25, -0.2) is 0 Å². The highest BCUT2D eigenvalue weighted by Crippen LogP contribution is 2.32. The van der Waals surface area contributed by atoms with E-state index in [0.717, 1.165) is 23.8 Å². The first-order valence-corrected chi connectivity index (χ1v) is 6.27. The number of para-hydroxylation sites is 1. The minimum atomic E-state index is -0.106. The summed E-state index contributed by atoms with van der Waals surface area (Å²) in [7, 11) is 1.67. The molecule has 1 aliphatic carbocycles. The maximum Gasteiger partial charge on any atom is 0.123 e. The normalized spacial score (nSPS) is 16.8. The number of ether oxygens (including phenoxy) is 2. The van der Waals surface area contributed by atoms with Crippen molar-refractivity contribution in [3.05, 3.63) is 29.8 Å². The molecule has 0 bridgehead atoms. The zero-order chi connectivity index (χ0) is 12.1. The summed E-state index contributed by atoms with van der Waals surface area (Å²) in [6.07, 6.45) is 3.93. The van der Waals surface area contributed by atoms with E-state index in [1.807, 2.05) is 24.3 Å². The minimum Gasteiger partial charge on any atom is -0.496 e. The first-order chi connectivity index (χ1) is 8.31. The highest BCUT2D eigenvalue weighted by molar-refractivity contribution is 5.35. The summed E-state index contributed by atoms with van der Waals surface area (Å²) in [4.78, 5) is 0. The predicted octanol–water partition coefficient (Wildman–Crippen LogP) is 2.51. The van der Waals surface area contributed by atoms with E-state index in [4.69, 9.17) is 15.2 Å². The summed E-state index contributed by atoms with van der Waals surface area (Å²) in [5.74, 6) is 1.75. The molecule has 0 aliphatic heterocycles. The zero-order valence-corrected chi connectivity index (χ0v) is 10.4. The van der Waals surface area contributed by atoms with E-state index in [0.29, 0.717) is 6.61 Å². The number of nitrogens with two attached hydrogens (primary N) is 1. The number of benzene rings is 1. The van der Waals surface area contributed by atoms with Gasteiger partial charge in [0.05, 0.1) is 19.8 Å². The molecule has 0 aromatic heterocycles. The quantitative estimate of drug-likeness (QED) is 0.738. The Morgan fingerprint density at radius 2 is 2.12 bits per heavy atom. The molecule has 0 radical (unpaired) electrons. The number of rotatable bonds is 7. The molecule has 1 saturated carbocycles. The Balaban J connectivity index is 1.78. The SMILES string of the molecule is COc1ccccc1C(N)COCCC1CC1. The molecule has 1 aliphatic rings. The van der Waals surface area contributed by atoms with E-state index in [1.54, 1.807) is 7.11 Å². The smallest absolute Gasteiger partial charge is 0.123 e. The second-order valence-electron chi connectivity index (χ2n) is 4.66. The van der Waals surface area contributed by atoms with Gasteiger partial charge >= 0.3 is 0 Å². The van der Waals surface area contributed by atoms with Crippen LogP contribution in [0.15, 0.2) is 24.3 Å². The lowest BCUT2D eigenvalue weighted by molar-refractivity contribution is 0.115. The van der Waals surface area contributed by atoms with Gasteiger partial charge in [-0.2, -0.15) is 0 Å². The van der Waals surface area contributed by atoms with Crippen LogP contribution in [0.3, 0.4) is 0 Å². The largest absolute Gasteiger partial charge is 0.496 e. The lowest BCUT2D eigenvalue weighted by Crippen LogP contribution is -2.18. The van der Waals surface area contributed by atoms with Crippen LogP contribution < -0.4 is 10.5 Å². The van der Waals surface area contributed by atoms with Gasteiger partial charge in [0.1, 0.15) is 5.75 Å². The van der Waals surface area contributed by atoms with Crippen molar-refractivity contribution >= 4 is 0 Å². The molecule has 2 rings (SSSR count). The van der Waals surface area contributed by atoms with Gasteiger partial charge in [-0.3, -0.25) is 0 Å². The first kappa shape index (κ1) is 12.4. The van der Waals surface area contributed by atoms with Crippen molar-refractivity contribution in [1.29, 1.82) is 0 Å². The molecule has 1 aromatic carbocycles. The molecule has 1 fully saturated rings. The Kier molecular flexibility index (Phi) is 4.40. The molecular weight excluding hydrogens is 214 g/mol. The molecule has 1 unspecified atom stereocenters. The third-order valence-corrected chi connectivity index (χ3v) is 3.20. The Morgan fingerprint density at radius 1 is 1.35 bits per heavy atom. The van der Waals surface area contributed by atoms with Gasteiger partial charge in [-0.05, 0) is 18.4 Å². The lowest BCUT2D eigenvalue weighted by Gasteiger charge is -2.15. The molecule has 3 nitrogen and oxygen atoms in total. The van der Waals surface area contributed by atoms with Gasteiger partial charge in [-0.15, -0.1) is 0 Å². The van der Waals surface area contributed by atoms with Crippen molar-refractivity contribution in [3.8, 4) is 5.75 Å². The molecule has 0 amide bonds. The topological polar surface area (TPSA) is 44.5 Å². The Morgan fingerprint density at radius 3 is 2.82 bits per heavy atom. The first-order valence-electron chi connectivity index (χ1n) is 6.27. The second-order valence-corrected chi connectivity index (χ2v) is 4.66. The van der Waals surface area contributed by atoms with Crippen molar-refractivity contribution in [3.63, 3.8) is 0 Å². The summed E-state index contributed by atoms with van der Waals surface area (Å²) in [5, 5.41) is 0. The lowest BCUT2D eigenvalue weighted by atomic mass is 10.1. The maximum atomic E-state index is 6.10. The predicted molar refractivity (Wildman–Crippen MR) is 68.1 cm³/mol. The summed E-state index contributed by atoms with van der Waals surface area (Å²) in [6.45, 7) is 1.39. The van der Waals surface area contributed by atoms with E-state index in [-0.39, 0.29) is 6.04 Å². The van der Waals surface area contributed by atoms with E-state index in [2.05, 4.69) is 0 Å². The van der Waals surface area contributed by atoms with Crippen LogP contribution in [0.4, 0.5) is 0 Å². The zero-order valence-electron chi connectivity index (χ0n) is 10.4. The Bertz CT molecular complexity index is 350. The van der Waals surface area contributed by atoms with Crippen LogP contribution in [0.1, 0.15) is 30.9 Å². The molecular formula is C14H21NO2. The molecule has 0 heterocycles. The van der Waals surface area contributed by atoms with Crippen molar-refractivity contribution in [2.75, 3.05) is 20.3 Å². The summed E-state index contributed by atoms with van der Waals surface area (Å²) < 4.78 is 10.9. The molecule has 0 spiro atoms. The van der Waals surface area contributed by atoms with Crippen LogP contribution in [0.2, 0.25) is 0 Å². The van der Waals surface area contributed by atoms with Gasteiger partial charge in [0.25, 0.3) is 0 Å². The summed E-state index contributed by atoms with van der Waals surface area (Å²) >= 11 is 0. The fourth-order valence-corrected chi connectivity index (χ4v) is 1.93. The molecule has 1 aromatic rings. The summed E-state index contributed by atoms with van der Waals surface area (Å²) in [6, 6.07) is 7.74. The van der Waals surface area contributed by atoms with E-state index in [9.17, 15) is 0 Å². The highest BCUT2D eigenvalue weighted by Gasteiger charge is 2.20. The monoisotopic (exact) mass is 235 g/mol. The van der Waals surface area contributed by atoms with Crippen LogP contribution in [0.5, 0.6) is 5.75 Å². The molecule has 94 valence electrons. The fraction of sp³-hybridized carbons (Fsp3) is 0.571. The van der Waals surface area contributed by atoms with Crippen LogP contribution in [-0.4, -0.2) is 20.3 Å². The van der Waals surface area contributed by atoms with Crippen LogP contribution in [0, 0.1) is 5.92 Å². The number of methoxy groups -OCH3 is 1. The highest BCUT2D eigenvalue weighted by atomic mass is 16.5. The standard InChI is InChI=1S/C14H21NO2/c1-16-14-5-3-2-4-12(14)13(15)10-17-9-8-11-6-7-11/h2-5,11,13H,6-10,15H2,1H3. The molecule has 17 heavy (non-hydrogen) atoms. The number of hydrogen-bond donors (Lipinski definition) is 1. The average molecular weight is 235 g/mol. The van der Waals surface area contributed by atoms with Crippen molar-refractivity contribution in [2.45, 2.75) is 25.3 Å². The third-order valence-electron chi connectivity index (χ3n) is 3.20.